The van der Waals surface area contributed by atoms with Gasteiger partial charge in [0, 0.05) is 45.9 Å². The van der Waals surface area contributed by atoms with E-state index in [2.05, 4.69) is 130 Å². The molecule has 6 aromatic rings. The molecule has 1 N–H and O–H groups in total. The van der Waals surface area contributed by atoms with Gasteiger partial charge in [0.15, 0.2) is 0 Å². The third-order valence-electron chi connectivity index (χ3n) is 6.06. The van der Waals surface area contributed by atoms with Crippen LogP contribution < -0.4 is 10.2 Å². The van der Waals surface area contributed by atoms with Crippen molar-refractivity contribution in [3.8, 4) is 0 Å². The van der Waals surface area contributed by atoms with Crippen LogP contribution in [0, 0.1) is 0 Å². The Balaban J connectivity index is 1.44. The lowest BCUT2D eigenvalue weighted by atomic mass is 10.1. The molecule has 0 unspecified atom stereocenters. The largest absolute Gasteiger partial charge is 0.355 e. The summed E-state index contributed by atoms with van der Waals surface area (Å²) in [4.78, 5) is 6.53. The molecule has 0 fully saturated rings. The van der Waals surface area contributed by atoms with Crippen molar-refractivity contribution in [2.24, 2.45) is 0 Å². The number of benzene rings is 5. The monoisotopic (exact) mass is 437 g/mol. The van der Waals surface area contributed by atoms with Gasteiger partial charge in [-0.2, -0.15) is 0 Å². The summed E-state index contributed by atoms with van der Waals surface area (Å²) in [5, 5.41) is 8.32. The Hall–Kier alpha value is -4.63. The van der Waals surface area contributed by atoms with Crippen molar-refractivity contribution in [1.82, 2.24) is 4.98 Å². The second kappa shape index (κ2) is 8.72. The zero-order valence-corrected chi connectivity index (χ0v) is 18.6. The summed E-state index contributed by atoms with van der Waals surface area (Å²) >= 11 is 0. The lowest BCUT2D eigenvalue weighted by Gasteiger charge is -2.27. The van der Waals surface area contributed by atoms with Crippen molar-refractivity contribution < 1.29 is 0 Å². The molecule has 0 bridgehead atoms. The van der Waals surface area contributed by atoms with E-state index in [1.54, 1.807) is 0 Å². The smallest absolute Gasteiger partial charge is 0.0540 e. The van der Waals surface area contributed by atoms with E-state index in [4.69, 9.17) is 0 Å². The molecule has 0 saturated carbocycles. The van der Waals surface area contributed by atoms with Crippen LogP contribution in [0.5, 0.6) is 0 Å². The molecule has 6 rings (SSSR count). The average molecular weight is 438 g/mol. The average Bonchev–Trinajstić information content (AvgIpc) is 2.90. The van der Waals surface area contributed by atoms with Gasteiger partial charge >= 0.3 is 0 Å². The van der Waals surface area contributed by atoms with E-state index in [1.807, 2.05) is 18.5 Å². The van der Waals surface area contributed by atoms with Crippen LogP contribution in [0.4, 0.5) is 28.4 Å². The lowest BCUT2D eigenvalue weighted by Crippen LogP contribution is -2.10. The van der Waals surface area contributed by atoms with Crippen LogP contribution in [-0.2, 0) is 0 Å². The number of hydrogen-bond donors (Lipinski definition) is 1. The molecule has 5 aromatic carbocycles. The van der Waals surface area contributed by atoms with E-state index in [-0.39, 0.29) is 0 Å². The van der Waals surface area contributed by atoms with Crippen LogP contribution >= 0.6 is 0 Å². The summed E-state index contributed by atoms with van der Waals surface area (Å²) in [5.74, 6) is 0. The molecule has 3 nitrogen and oxygen atoms in total. The summed E-state index contributed by atoms with van der Waals surface area (Å²) in [6.07, 6.45) is 3.72. The van der Waals surface area contributed by atoms with Gasteiger partial charge in [-0.15, -0.1) is 0 Å². The van der Waals surface area contributed by atoms with Crippen LogP contribution in [0.1, 0.15) is 0 Å². The third-order valence-corrected chi connectivity index (χ3v) is 6.06. The molecule has 34 heavy (non-hydrogen) atoms. The number of fused-ring (bicyclic) bond motifs is 2. The fraction of sp³-hybridized carbons (Fsp3) is 0. The van der Waals surface area contributed by atoms with Gasteiger partial charge < -0.3 is 10.2 Å². The molecule has 1 aromatic heterocycles. The quantitative estimate of drug-likeness (QED) is 0.293. The van der Waals surface area contributed by atoms with Crippen molar-refractivity contribution in [1.29, 1.82) is 0 Å². The number of aromatic nitrogens is 1. The zero-order valence-electron chi connectivity index (χ0n) is 18.6. The first-order chi connectivity index (χ1) is 16.8. The first-order valence-electron chi connectivity index (χ1n) is 11.4. The van der Waals surface area contributed by atoms with E-state index >= 15 is 0 Å². The van der Waals surface area contributed by atoms with Crippen LogP contribution in [0.3, 0.4) is 0 Å². The maximum atomic E-state index is 4.21. The second-order valence-corrected chi connectivity index (χ2v) is 8.28. The minimum atomic E-state index is 1.03. The fourth-order valence-corrected chi connectivity index (χ4v) is 4.46. The van der Waals surface area contributed by atoms with Crippen LogP contribution in [0.25, 0.3) is 21.5 Å². The Morgan fingerprint density at radius 3 is 2.24 bits per heavy atom. The molecule has 0 spiro atoms. The van der Waals surface area contributed by atoms with E-state index in [0.29, 0.717) is 0 Å². The number of hydrogen-bond acceptors (Lipinski definition) is 3. The van der Waals surface area contributed by atoms with Gasteiger partial charge in [-0.1, -0.05) is 66.7 Å². The first-order valence-corrected chi connectivity index (χ1v) is 11.4. The van der Waals surface area contributed by atoms with E-state index in [0.717, 1.165) is 39.2 Å². The third kappa shape index (κ3) is 3.84. The number of anilines is 5. The molecule has 3 heteroatoms. The Labute approximate surface area is 198 Å². The second-order valence-electron chi connectivity index (χ2n) is 8.28. The highest BCUT2D eigenvalue weighted by atomic mass is 15.1. The van der Waals surface area contributed by atoms with Gasteiger partial charge in [-0.25, -0.2) is 0 Å². The van der Waals surface area contributed by atoms with Crippen molar-refractivity contribution in [2.75, 3.05) is 10.2 Å². The fourth-order valence-electron chi connectivity index (χ4n) is 4.46. The number of nitrogens with zero attached hydrogens (tertiary/aromatic N) is 2. The minimum Gasteiger partial charge on any atom is -0.355 e. The molecule has 0 amide bonds. The molecule has 0 aliphatic heterocycles. The summed E-state index contributed by atoms with van der Waals surface area (Å²) in [7, 11) is 0. The van der Waals surface area contributed by atoms with E-state index in [9.17, 15) is 0 Å². The number of nitrogens with one attached hydrogen (secondary N) is 1. The molecule has 162 valence electrons. The van der Waals surface area contributed by atoms with Crippen molar-refractivity contribution in [2.45, 2.75) is 0 Å². The predicted molar refractivity (Wildman–Crippen MR) is 144 cm³/mol. The zero-order chi connectivity index (χ0) is 22.7. The molecule has 0 atom stereocenters. The number of para-hydroxylation sites is 1. The van der Waals surface area contributed by atoms with Gasteiger partial charge in [0.25, 0.3) is 0 Å². The molecule has 0 saturated heterocycles. The first kappa shape index (κ1) is 20.0. The molecular formula is C31H23N3. The summed E-state index contributed by atoms with van der Waals surface area (Å²) in [5.41, 5.74) is 5.45. The highest BCUT2D eigenvalue weighted by Crippen LogP contribution is 2.39. The molecule has 0 radical (unpaired) electrons. The standard InChI is InChI=1S/C31H23N3/c1-2-11-28(12-3-1)34(31-15-6-9-23-8-4-5-14-30(23)31)29-13-7-10-26(21-29)33-27-17-16-25-22-32-19-18-24(25)20-27/h1-22,33H. The predicted octanol–water partition coefficient (Wildman–Crippen LogP) is 8.60. The number of rotatable bonds is 5. The summed E-state index contributed by atoms with van der Waals surface area (Å²) < 4.78 is 0. The van der Waals surface area contributed by atoms with Crippen LogP contribution in [0.15, 0.2) is 134 Å². The van der Waals surface area contributed by atoms with Crippen molar-refractivity contribution >= 4 is 50.0 Å². The number of pyridine rings is 1. The van der Waals surface area contributed by atoms with Gasteiger partial charge in [0.05, 0.1) is 5.69 Å². The Morgan fingerprint density at radius 2 is 1.29 bits per heavy atom. The van der Waals surface area contributed by atoms with Crippen LogP contribution in [0.2, 0.25) is 0 Å². The van der Waals surface area contributed by atoms with Crippen LogP contribution in [-0.4, -0.2) is 4.98 Å². The molecule has 1 heterocycles. The molecular weight excluding hydrogens is 414 g/mol. The van der Waals surface area contributed by atoms with E-state index < -0.39 is 0 Å². The SMILES string of the molecule is c1ccc(N(c2cccc(Nc3ccc4cnccc4c3)c2)c2cccc3ccccc23)cc1. The minimum absolute atomic E-state index is 1.03. The Bertz CT molecular complexity index is 1590. The lowest BCUT2D eigenvalue weighted by molar-refractivity contribution is 1.30. The summed E-state index contributed by atoms with van der Waals surface area (Å²) in [6.45, 7) is 0. The Morgan fingerprint density at radius 1 is 0.529 bits per heavy atom. The van der Waals surface area contributed by atoms with Crippen molar-refractivity contribution in [3.63, 3.8) is 0 Å². The topological polar surface area (TPSA) is 28.2 Å². The highest BCUT2D eigenvalue weighted by molar-refractivity contribution is 5.99. The Kier molecular flexibility index (Phi) is 5.13. The van der Waals surface area contributed by atoms with E-state index in [1.165, 1.54) is 10.8 Å². The maximum absolute atomic E-state index is 4.21. The molecule has 0 aliphatic carbocycles. The maximum Gasteiger partial charge on any atom is 0.0540 e. The van der Waals surface area contributed by atoms with Gasteiger partial charge in [0.2, 0.25) is 0 Å². The van der Waals surface area contributed by atoms with Gasteiger partial charge in [-0.3, -0.25) is 4.98 Å². The normalized spacial score (nSPS) is 10.9. The molecule has 0 aliphatic rings. The van der Waals surface area contributed by atoms with Gasteiger partial charge in [0.1, 0.15) is 0 Å². The van der Waals surface area contributed by atoms with Crippen molar-refractivity contribution in [3.05, 3.63) is 134 Å². The summed E-state index contributed by atoms with van der Waals surface area (Å²) in [6, 6.07) is 42.5. The van der Waals surface area contributed by atoms with Gasteiger partial charge in [-0.05, 0) is 65.4 Å². The highest BCUT2D eigenvalue weighted by Gasteiger charge is 2.15.